The molecule has 1 aromatic heterocycles. The molecule has 1 aliphatic carbocycles. The number of amides is 1. The van der Waals surface area contributed by atoms with Crippen LogP contribution in [-0.2, 0) is 14.8 Å². The molecule has 2 aliphatic rings. The van der Waals surface area contributed by atoms with E-state index < -0.39 is 10.0 Å². The fraction of sp³-hybridized carbons (Fsp3) is 0.481. The van der Waals surface area contributed by atoms with Gasteiger partial charge in [0.1, 0.15) is 5.82 Å². The molecular weight excluding hydrogens is 460 g/mol. The van der Waals surface area contributed by atoms with Crippen molar-refractivity contribution in [3.63, 3.8) is 0 Å². The number of imidazole rings is 1. The Bertz CT molecular complexity index is 1300. The van der Waals surface area contributed by atoms with Gasteiger partial charge in [-0.05, 0) is 49.3 Å². The average Bonchev–Trinajstić information content (AvgIpc) is 3.31. The SMILES string of the molecule is C[C@@H]1[C@H](C)CCC[C@@H]1NC(=O)[C@H]1CCCN(S(=O)(=O)c2ccc3nc(-c4ccccc4)[nH]c3c2)C1. The Kier molecular flexibility index (Phi) is 6.68. The minimum atomic E-state index is -3.72. The van der Waals surface area contributed by atoms with Crippen molar-refractivity contribution >= 4 is 27.0 Å². The highest BCUT2D eigenvalue weighted by Crippen LogP contribution is 2.31. The summed E-state index contributed by atoms with van der Waals surface area (Å²) in [6.45, 7) is 5.11. The molecular formula is C27H34N4O3S. The molecule has 35 heavy (non-hydrogen) atoms. The molecule has 2 aromatic carbocycles. The van der Waals surface area contributed by atoms with E-state index in [1.54, 1.807) is 18.2 Å². The Morgan fingerprint density at radius 2 is 1.86 bits per heavy atom. The zero-order chi connectivity index (χ0) is 24.6. The standard InChI is InChI=1S/C27H34N4O3S/c1-18-8-6-12-23(19(18)2)30-27(32)21-11-7-15-31(17-21)35(33,34)22-13-14-24-25(16-22)29-26(28-24)20-9-4-3-5-10-20/h3-5,9-10,13-14,16,18-19,21,23H,6-8,11-12,15,17H2,1-2H3,(H,28,29)(H,30,32)/t18-,19-,21+,23+/m1/s1. The summed E-state index contributed by atoms with van der Waals surface area (Å²) < 4.78 is 28.5. The third kappa shape index (κ3) is 4.86. The Hall–Kier alpha value is -2.71. The Labute approximate surface area is 207 Å². The highest BCUT2D eigenvalue weighted by Gasteiger charge is 2.35. The topological polar surface area (TPSA) is 95.2 Å². The molecule has 2 fully saturated rings. The van der Waals surface area contributed by atoms with Gasteiger partial charge in [0.2, 0.25) is 15.9 Å². The zero-order valence-corrected chi connectivity index (χ0v) is 21.2. The third-order valence-corrected chi connectivity index (χ3v) is 9.79. The first kappa shape index (κ1) is 24.0. The van der Waals surface area contributed by atoms with Crippen molar-refractivity contribution in [2.45, 2.75) is 56.9 Å². The van der Waals surface area contributed by atoms with E-state index in [9.17, 15) is 13.2 Å². The van der Waals surface area contributed by atoms with E-state index in [2.05, 4.69) is 29.1 Å². The number of carbonyl (C=O) groups excluding carboxylic acids is 1. The van der Waals surface area contributed by atoms with Crippen molar-refractivity contribution in [3.8, 4) is 11.4 Å². The first-order valence-corrected chi connectivity index (χ1v) is 14.1. The number of hydrogen-bond donors (Lipinski definition) is 2. The number of carbonyl (C=O) groups is 1. The van der Waals surface area contributed by atoms with E-state index in [0.29, 0.717) is 42.6 Å². The monoisotopic (exact) mass is 494 g/mol. The predicted molar refractivity (Wildman–Crippen MR) is 137 cm³/mol. The molecule has 4 atom stereocenters. The van der Waals surface area contributed by atoms with Gasteiger partial charge in [0.15, 0.2) is 0 Å². The maximum absolute atomic E-state index is 13.5. The second-order valence-electron chi connectivity index (χ2n) is 10.2. The van der Waals surface area contributed by atoms with Crippen LogP contribution in [0.3, 0.4) is 0 Å². The maximum Gasteiger partial charge on any atom is 0.243 e. The second-order valence-corrected chi connectivity index (χ2v) is 12.2. The summed E-state index contributed by atoms with van der Waals surface area (Å²) in [6.07, 6.45) is 4.73. The fourth-order valence-electron chi connectivity index (χ4n) is 5.49. The van der Waals surface area contributed by atoms with Gasteiger partial charge in [-0.1, -0.05) is 57.0 Å². The summed E-state index contributed by atoms with van der Waals surface area (Å²) in [7, 11) is -3.72. The summed E-state index contributed by atoms with van der Waals surface area (Å²) in [5.41, 5.74) is 2.34. The van der Waals surface area contributed by atoms with Gasteiger partial charge in [-0.15, -0.1) is 0 Å². The van der Waals surface area contributed by atoms with Gasteiger partial charge < -0.3 is 10.3 Å². The van der Waals surface area contributed by atoms with Crippen LogP contribution in [0.5, 0.6) is 0 Å². The number of hydrogen-bond acceptors (Lipinski definition) is 4. The van der Waals surface area contributed by atoms with Crippen LogP contribution in [0.2, 0.25) is 0 Å². The van der Waals surface area contributed by atoms with Crippen molar-refractivity contribution in [2.75, 3.05) is 13.1 Å². The molecule has 5 rings (SSSR count). The number of rotatable bonds is 5. The number of H-pyrrole nitrogens is 1. The Morgan fingerprint density at radius 3 is 2.66 bits per heavy atom. The van der Waals surface area contributed by atoms with Gasteiger partial charge >= 0.3 is 0 Å². The van der Waals surface area contributed by atoms with Crippen molar-refractivity contribution in [2.24, 2.45) is 17.8 Å². The minimum Gasteiger partial charge on any atom is -0.353 e. The van der Waals surface area contributed by atoms with Crippen molar-refractivity contribution in [1.82, 2.24) is 19.6 Å². The van der Waals surface area contributed by atoms with Crippen molar-refractivity contribution < 1.29 is 13.2 Å². The van der Waals surface area contributed by atoms with Crippen LogP contribution in [0.1, 0.15) is 46.0 Å². The number of aromatic nitrogens is 2. The van der Waals surface area contributed by atoms with Crippen LogP contribution in [0.15, 0.2) is 53.4 Å². The summed E-state index contributed by atoms with van der Waals surface area (Å²) in [6, 6.07) is 14.9. The van der Waals surface area contributed by atoms with E-state index in [0.717, 1.165) is 23.9 Å². The summed E-state index contributed by atoms with van der Waals surface area (Å²) >= 11 is 0. The highest BCUT2D eigenvalue weighted by molar-refractivity contribution is 7.89. The van der Waals surface area contributed by atoms with Crippen LogP contribution in [0, 0.1) is 17.8 Å². The van der Waals surface area contributed by atoms with E-state index in [1.165, 1.54) is 10.7 Å². The first-order valence-electron chi connectivity index (χ1n) is 12.7. The minimum absolute atomic E-state index is 0.00706. The van der Waals surface area contributed by atoms with Crippen molar-refractivity contribution in [3.05, 3.63) is 48.5 Å². The fourth-order valence-corrected chi connectivity index (χ4v) is 7.04. The van der Waals surface area contributed by atoms with E-state index in [1.807, 2.05) is 30.3 Å². The molecule has 8 heteroatoms. The lowest BCUT2D eigenvalue weighted by Gasteiger charge is -2.37. The molecule has 0 unspecified atom stereocenters. The lowest BCUT2D eigenvalue weighted by atomic mass is 9.78. The molecule has 2 heterocycles. The zero-order valence-electron chi connectivity index (χ0n) is 20.4. The number of aromatic amines is 1. The quantitative estimate of drug-likeness (QED) is 0.543. The molecule has 186 valence electrons. The number of sulfonamides is 1. The predicted octanol–water partition coefficient (Wildman–Crippen LogP) is 4.57. The summed E-state index contributed by atoms with van der Waals surface area (Å²) in [5.74, 6) is 1.42. The Morgan fingerprint density at radius 1 is 1.06 bits per heavy atom. The number of fused-ring (bicyclic) bond motifs is 1. The molecule has 1 saturated heterocycles. The van der Waals surface area contributed by atoms with Crippen LogP contribution in [-0.4, -0.2) is 47.7 Å². The van der Waals surface area contributed by atoms with Crippen LogP contribution in [0.4, 0.5) is 0 Å². The maximum atomic E-state index is 13.5. The summed E-state index contributed by atoms with van der Waals surface area (Å²) in [5, 5.41) is 3.25. The molecule has 1 amide bonds. The average molecular weight is 495 g/mol. The van der Waals surface area contributed by atoms with E-state index in [4.69, 9.17) is 0 Å². The largest absolute Gasteiger partial charge is 0.353 e. The summed E-state index contributed by atoms with van der Waals surface area (Å²) in [4.78, 5) is 21.2. The molecule has 2 N–H and O–H groups in total. The van der Waals surface area contributed by atoms with E-state index >= 15 is 0 Å². The lowest BCUT2D eigenvalue weighted by Crippen LogP contribution is -2.50. The van der Waals surface area contributed by atoms with Gasteiger partial charge in [0.05, 0.1) is 21.8 Å². The molecule has 0 bridgehead atoms. The van der Waals surface area contributed by atoms with Gasteiger partial charge in [-0.25, -0.2) is 13.4 Å². The second kappa shape index (κ2) is 9.74. The normalized spacial score (nSPS) is 26.0. The van der Waals surface area contributed by atoms with Crippen molar-refractivity contribution in [1.29, 1.82) is 0 Å². The van der Waals surface area contributed by atoms with Gasteiger partial charge in [-0.2, -0.15) is 4.31 Å². The third-order valence-electron chi connectivity index (χ3n) is 7.93. The van der Waals surface area contributed by atoms with E-state index in [-0.39, 0.29) is 29.3 Å². The van der Waals surface area contributed by atoms with Crippen LogP contribution >= 0.6 is 0 Å². The number of nitrogens with zero attached hydrogens (tertiary/aromatic N) is 2. The lowest BCUT2D eigenvalue weighted by molar-refractivity contribution is -0.127. The highest BCUT2D eigenvalue weighted by atomic mass is 32.2. The Balaban J connectivity index is 1.32. The first-order chi connectivity index (χ1) is 16.8. The smallest absolute Gasteiger partial charge is 0.243 e. The molecule has 1 saturated carbocycles. The molecule has 7 nitrogen and oxygen atoms in total. The molecule has 3 aromatic rings. The number of benzene rings is 2. The van der Waals surface area contributed by atoms with Gasteiger partial charge in [-0.3, -0.25) is 4.79 Å². The van der Waals surface area contributed by atoms with Crippen LogP contribution in [0.25, 0.3) is 22.4 Å². The molecule has 0 radical (unpaired) electrons. The van der Waals surface area contributed by atoms with Gasteiger partial charge in [0, 0.05) is 24.7 Å². The molecule has 1 aliphatic heterocycles. The number of piperidine rings is 1. The molecule has 0 spiro atoms. The van der Waals surface area contributed by atoms with Gasteiger partial charge in [0.25, 0.3) is 0 Å². The van der Waals surface area contributed by atoms with Crippen LogP contribution < -0.4 is 5.32 Å². The number of nitrogens with one attached hydrogen (secondary N) is 2.